The number of phenols is 1. The van der Waals surface area contributed by atoms with E-state index in [-0.39, 0.29) is 17.0 Å². The molecular formula is C11H14FNO2. The Morgan fingerprint density at radius 2 is 2.20 bits per heavy atom. The Morgan fingerprint density at radius 1 is 1.53 bits per heavy atom. The third-order valence-electron chi connectivity index (χ3n) is 2.77. The lowest BCUT2D eigenvalue weighted by Gasteiger charge is -2.12. The van der Waals surface area contributed by atoms with Gasteiger partial charge in [-0.2, -0.15) is 0 Å². The summed E-state index contributed by atoms with van der Waals surface area (Å²) in [5.41, 5.74) is 6.18. The first-order valence-electron chi connectivity index (χ1n) is 4.88. The van der Waals surface area contributed by atoms with E-state index in [0.717, 1.165) is 18.9 Å². The maximum Gasteiger partial charge on any atom is 0.163 e. The fourth-order valence-corrected chi connectivity index (χ4v) is 1.64. The predicted molar refractivity (Wildman–Crippen MR) is 54.5 cm³/mol. The van der Waals surface area contributed by atoms with E-state index in [0.29, 0.717) is 12.0 Å². The van der Waals surface area contributed by atoms with Gasteiger partial charge in [-0.1, -0.05) is 0 Å². The van der Waals surface area contributed by atoms with Crippen LogP contribution in [0, 0.1) is 5.82 Å². The van der Waals surface area contributed by atoms with Crippen molar-refractivity contribution < 1.29 is 14.2 Å². The summed E-state index contributed by atoms with van der Waals surface area (Å²) in [7, 11) is 1.40. The van der Waals surface area contributed by atoms with Gasteiger partial charge in [0.1, 0.15) is 5.82 Å². The number of halogens is 1. The monoisotopic (exact) mass is 211 g/mol. The van der Waals surface area contributed by atoms with Crippen LogP contribution < -0.4 is 10.5 Å². The molecule has 0 radical (unpaired) electrons. The van der Waals surface area contributed by atoms with Gasteiger partial charge in [0.05, 0.1) is 7.11 Å². The van der Waals surface area contributed by atoms with Crippen LogP contribution in [0.2, 0.25) is 0 Å². The van der Waals surface area contributed by atoms with Gasteiger partial charge < -0.3 is 15.6 Å². The number of phenolic OH excluding ortho intramolecular Hbond substituents is 1. The lowest BCUT2D eigenvalue weighted by molar-refractivity contribution is 0.366. The largest absolute Gasteiger partial charge is 0.504 e. The van der Waals surface area contributed by atoms with Crippen molar-refractivity contribution in [2.75, 3.05) is 7.11 Å². The highest BCUT2D eigenvalue weighted by molar-refractivity contribution is 5.47. The molecule has 3 nitrogen and oxygen atoms in total. The molecule has 0 spiro atoms. The van der Waals surface area contributed by atoms with E-state index < -0.39 is 5.82 Å². The van der Waals surface area contributed by atoms with Crippen LogP contribution in [-0.2, 0) is 6.42 Å². The Hall–Kier alpha value is -1.29. The summed E-state index contributed by atoms with van der Waals surface area (Å²) in [6, 6.07) is 2.47. The lowest BCUT2D eigenvalue weighted by atomic mass is 10.0. The average Bonchev–Trinajstić information content (AvgIpc) is 2.89. The van der Waals surface area contributed by atoms with Crippen molar-refractivity contribution in [3.63, 3.8) is 0 Å². The molecule has 2 rings (SSSR count). The molecule has 0 aromatic heterocycles. The molecule has 0 aliphatic heterocycles. The summed E-state index contributed by atoms with van der Waals surface area (Å²) in [5, 5.41) is 9.76. The number of ether oxygens (including phenoxy) is 1. The second-order valence-corrected chi connectivity index (χ2v) is 4.15. The third kappa shape index (κ3) is 2.04. The summed E-state index contributed by atoms with van der Waals surface area (Å²) in [5.74, 6) is -0.256. The molecular weight excluding hydrogens is 197 g/mol. The molecule has 0 bridgehead atoms. The highest BCUT2D eigenvalue weighted by Crippen LogP contribution is 2.40. The number of rotatable bonds is 3. The van der Waals surface area contributed by atoms with E-state index in [1.807, 2.05) is 0 Å². The quantitative estimate of drug-likeness (QED) is 0.798. The Bertz CT molecular complexity index is 388. The van der Waals surface area contributed by atoms with Crippen molar-refractivity contribution in [1.29, 1.82) is 0 Å². The number of methoxy groups -OCH3 is 1. The molecule has 0 heterocycles. The molecule has 1 fully saturated rings. The molecule has 4 heteroatoms. The maximum absolute atomic E-state index is 13.2. The van der Waals surface area contributed by atoms with Gasteiger partial charge in [-0.15, -0.1) is 0 Å². The van der Waals surface area contributed by atoms with Gasteiger partial charge in [0.2, 0.25) is 0 Å². The summed E-state index contributed by atoms with van der Waals surface area (Å²) in [6.45, 7) is 0. The van der Waals surface area contributed by atoms with Crippen LogP contribution in [0.3, 0.4) is 0 Å². The summed E-state index contributed by atoms with van der Waals surface area (Å²) >= 11 is 0. The maximum atomic E-state index is 13.2. The standard InChI is InChI=1S/C11H14FNO2/c1-15-9-5-8(12)4-7(10(9)14)6-11(13)2-3-11/h4-5,14H,2-3,6,13H2,1H3. The van der Waals surface area contributed by atoms with Crippen LogP contribution in [0.5, 0.6) is 11.5 Å². The Kier molecular flexibility index (Phi) is 2.31. The van der Waals surface area contributed by atoms with Crippen LogP contribution in [0.15, 0.2) is 12.1 Å². The molecule has 3 N–H and O–H groups in total. The SMILES string of the molecule is COc1cc(F)cc(CC2(N)CC2)c1O. The Morgan fingerprint density at radius 3 is 2.73 bits per heavy atom. The number of benzene rings is 1. The molecule has 1 saturated carbocycles. The zero-order valence-corrected chi connectivity index (χ0v) is 8.59. The first-order valence-corrected chi connectivity index (χ1v) is 4.88. The van der Waals surface area contributed by atoms with Crippen molar-refractivity contribution in [3.05, 3.63) is 23.5 Å². The summed E-state index contributed by atoms with van der Waals surface area (Å²) in [6.07, 6.45) is 2.34. The normalized spacial score (nSPS) is 17.5. The number of aromatic hydroxyl groups is 1. The lowest BCUT2D eigenvalue weighted by Crippen LogP contribution is -2.24. The molecule has 0 amide bonds. The highest BCUT2D eigenvalue weighted by atomic mass is 19.1. The molecule has 0 unspecified atom stereocenters. The number of nitrogens with two attached hydrogens (primary N) is 1. The van der Waals surface area contributed by atoms with E-state index in [1.165, 1.54) is 13.2 Å². The zero-order chi connectivity index (χ0) is 11.1. The van der Waals surface area contributed by atoms with Gasteiger partial charge in [-0.05, 0) is 25.3 Å². The second kappa shape index (κ2) is 3.38. The van der Waals surface area contributed by atoms with Crippen molar-refractivity contribution >= 4 is 0 Å². The van der Waals surface area contributed by atoms with E-state index in [4.69, 9.17) is 10.5 Å². The minimum atomic E-state index is -0.413. The average molecular weight is 211 g/mol. The molecule has 1 aromatic carbocycles. The van der Waals surface area contributed by atoms with Crippen LogP contribution in [0.25, 0.3) is 0 Å². The fraction of sp³-hybridized carbons (Fsp3) is 0.455. The van der Waals surface area contributed by atoms with Crippen LogP contribution >= 0.6 is 0 Å². The van der Waals surface area contributed by atoms with Gasteiger partial charge in [-0.3, -0.25) is 0 Å². The molecule has 82 valence electrons. The van der Waals surface area contributed by atoms with E-state index in [9.17, 15) is 9.50 Å². The van der Waals surface area contributed by atoms with Crippen LogP contribution in [-0.4, -0.2) is 17.8 Å². The van der Waals surface area contributed by atoms with Gasteiger partial charge in [0.15, 0.2) is 11.5 Å². The Labute approximate surface area is 87.7 Å². The third-order valence-corrected chi connectivity index (χ3v) is 2.77. The van der Waals surface area contributed by atoms with Crippen LogP contribution in [0.4, 0.5) is 4.39 Å². The predicted octanol–water partition coefficient (Wildman–Crippen LogP) is 1.57. The smallest absolute Gasteiger partial charge is 0.163 e. The molecule has 1 aliphatic carbocycles. The van der Waals surface area contributed by atoms with Crippen molar-refractivity contribution in [1.82, 2.24) is 0 Å². The van der Waals surface area contributed by atoms with Gasteiger partial charge >= 0.3 is 0 Å². The molecule has 15 heavy (non-hydrogen) atoms. The molecule has 1 aliphatic rings. The van der Waals surface area contributed by atoms with Crippen molar-refractivity contribution in [2.24, 2.45) is 5.73 Å². The van der Waals surface area contributed by atoms with Gasteiger partial charge in [0, 0.05) is 17.2 Å². The Balaban J connectivity index is 2.32. The van der Waals surface area contributed by atoms with Gasteiger partial charge in [0.25, 0.3) is 0 Å². The highest BCUT2D eigenvalue weighted by Gasteiger charge is 2.39. The fourth-order valence-electron chi connectivity index (χ4n) is 1.64. The van der Waals surface area contributed by atoms with Crippen molar-refractivity contribution in [2.45, 2.75) is 24.8 Å². The molecule has 0 atom stereocenters. The number of hydrogen-bond acceptors (Lipinski definition) is 3. The van der Waals surface area contributed by atoms with Gasteiger partial charge in [-0.25, -0.2) is 4.39 Å². The van der Waals surface area contributed by atoms with Crippen LogP contribution in [0.1, 0.15) is 18.4 Å². The zero-order valence-electron chi connectivity index (χ0n) is 8.59. The first kappa shape index (κ1) is 10.2. The number of hydrogen-bond donors (Lipinski definition) is 2. The molecule has 1 aromatic rings. The summed E-state index contributed by atoms with van der Waals surface area (Å²) < 4.78 is 18.0. The van der Waals surface area contributed by atoms with E-state index in [2.05, 4.69) is 0 Å². The minimum Gasteiger partial charge on any atom is -0.504 e. The second-order valence-electron chi connectivity index (χ2n) is 4.15. The van der Waals surface area contributed by atoms with E-state index >= 15 is 0 Å². The first-order chi connectivity index (χ1) is 7.04. The topological polar surface area (TPSA) is 55.5 Å². The summed E-state index contributed by atoms with van der Waals surface area (Å²) in [4.78, 5) is 0. The molecule has 0 saturated heterocycles. The minimum absolute atomic E-state index is 0.00405. The van der Waals surface area contributed by atoms with E-state index in [1.54, 1.807) is 0 Å². The van der Waals surface area contributed by atoms with Crippen molar-refractivity contribution in [3.8, 4) is 11.5 Å².